The number of rotatable bonds is 2. The number of alkyl halides is 3. The quantitative estimate of drug-likeness (QED) is 0.816. The van der Waals surface area contributed by atoms with Crippen LogP contribution in [0.15, 0.2) is 18.2 Å². The average molecular weight is 259 g/mol. The number of aryl methyl sites for hydroxylation is 1. The Balaban J connectivity index is 2.35. The number of halogens is 3. The summed E-state index contributed by atoms with van der Waals surface area (Å²) in [6.45, 7) is -1.24. The SMILES string of the molecule is COc1ccc2c(c1)CCC(=O)N2CC(F)(F)F. The second-order valence-electron chi connectivity index (χ2n) is 4.09. The van der Waals surface area contributed by atoms with Gasteiger partial charge in [-0.2, -0.15) is 13.2 Å². The Morgan fingerprint density at radius 1 is 1.33 bits per heavy atom. The van der Waals surface area contributed by atoms with Gasteiger partial charge in [-0.3, -0.25) is 4.79 Å². The van der Waals surface area contributed by atoms with Crippen molar-refractivity contribution in [1.29, 1.82) is 0 Å². The van der Waals surface area contributed by atoms with Gasteiger partial charge < -0.3 is 9.64 Å². The average Bonchev–Trinajstić information content (AvgIpc) is 2.31. The fraction of sp³-hybridized carbons (Fsp3) is 0.417. The minimum Gasteiger partial charge on any atom is -0.497 e. The Labute approximate surface area is 102 Å². The molecule has 1 aliphatic rings. The third-order valence-corrected chi connectivity index (χ3v) is 2.82. The van der Waals surface area contributed by atoms with E-state index in [1.807, 2.05) is 0 Å². The van der Waals surface area contributed by atoms with Crippen LogP contribution in [0.3, 0.4) is 0 Å². The molecule has 0 aliphatic carbocycles. The van der Waals surface area contributed by atoms with Crippen LogP contribution in [0, 0.1) is 0 Å². The fourth-order valence-electron chi connectivity index (χ4n) is 2.02. The summed E-state index contributed by atoms with van der Waals surface area (Å²) in [5.41, 5.74) is 1.03. The summed E-state index contributed by atoms with van der Waals surface area (Å²) in [7, 11) is 1.49. The van der Waals surface area contributed by atoms with Crippen molar-refractivity contribution in [3.63, 3.8) is 0 Å². The molecule has 0 fully saturated rings. The first-order chi connectivity index (χ1) is 8.40. The molecular formula is C12H12F3NO2. The Hall–Kier alpha value is -1.72. The zero-order valence-corrected chi connectivity index (χ0v) is 9.75. The number of nitrogens with zero attached hydrogens (tertiary/aromatic N) is 1. The van der Waals surface area contributed by atoms with Crippen molar-refractivity contribution in [1.82, 2.24) is 0 Å². The van der Waals surface area contributed by atoms with E-state index in [4.69, 9.17) is 4.74 Å². The van der Waals surface area contributed by atoms with Crippen molar-refractivity contribution >= 4 is 11.6 Å². The lowest BCUT2D eigenvalue weighted by atomic mass is 10.0. The molecule has 1 amide bonds. The van der Waals surface area contributed by atoms with E-state index in [0.717, 1.165) is 4.90 Å². The summed E-state index contributed by atoms with van der Waals surface area (Å²) < 4.78 is 42.3. The van der Waals surface area contributed by atoms with E-state index in [9.17, 15) is 18.0 Å². The van der Waals surface area contributed by atoms with E-state index in [1.54, 1.807) is 12.1 Å². The van der Waals surface area contributed by atoms with Gasteiger partial charge in [0.2, 0.25) is 5.91 Å². The molecule has 18 heavy (non-hydrogen) atoms. The number of amides is 1. The molecule has 0 N–H and O–H groups in total. The van der Waals surface area contributed by atoms with Crippen molar-refractivity contribution < 1.29 is 22.7 Å². The maximum atomic E-state index is 12.4. The first-order valence-corrected chi connectivity index (χ1v) is 5.45. The summed E-state index contributed by atoms with van der Waals surface area (Å²) in [6, 6.07) is 4.73. The van der Waals surface area contributed by atoms with E-state index < -0.39 is 18.6 Å². The summed E-state index contributed by atoms with van der Waals surface area (Å²) >= 11 is 0. The molecule has 1 aliphatic heterocycles. The Bertz CT molecular complexity index is 471. The van der Waals surface area contributed by atoms with Crippen LogP contribution >= 0.6 is 0 Å². The molecule has 2 rings (SSSR count). The molecule has 0 saturated carbocycles. The number of hydrogen-bond acceptors (Lipinski definition) is 2. The Kier molecular flexibility index (Phi) is 3.19. The summed E-state index contributed by atoms with van der Waals surface area (Å²) in [5.74, 6) is 0.0834. The van der Waals surface area contributed by atoms with Crippen LogP contribution in [0.5, 0.6) is 5.75 Å². The topological polar surface area (TPSA) is 29.5 Å². The first-order valence-electron chi connectivity index (χ1n) is 5.45. The van der Waals surface area contributed by atoms with Gasteiger partial charge in [0.1, 0.15) is 12.3 Å². The van der Waals surface area contributed by atoms with E-state index in [1.165, 1.54) is 13.2 Å². The third kappa shape index (κ3) is 2.57. The Morgan fingerprint density at radius 3 is 2.67 bits per heavy atom. The van der Waals surface area contributed by atoms with Crippen molar-refractivity contribution in [2.45, 2.75) is 19.0 Å². The monoisotopic (exact) mass is 259 g/mol. The van der Waals surface area contributed by atoms with Crippen LogP contribution in [0.2, 0.25) is 0 Å². The minimum atomic E-state index is -4.40. The highest BCUT2D eigenvalue weighted by atomic mass is 19.4. The van der Waals surface area contributed by atoms with E-state index in [2.05, 4.69) is 0 Å². The smallest absolute Gasteiger partial charge is 0.406 e. The number of methoxy groups -OCH3 is 1. The van der Waals surface area contributed by atoms with Crippen LogP contribution in [-0.2, 0) is 11.2 Å². The van der Waals surface area contributed by atoms with Gasteiger partial charge in [0.25, 0.3) is 0 Å². The highest BCUT2D eigenvalue weighted by Crippen LogP contribution is 2.33. The molecule has 1 heterocycles. The maximum Gasteiger partial charge on any atom is 0.406 e. The minimum absolute atomic E-state index is 0.0935. The molecule has 0 bridgehead atoms. The molecule has 98 valence electrons. The third-order valence-electron chi connectivity index (χ3n) is 2.82. The molecule has 3 nitrogen and oxygen atoms in total. The molecule has 0 saturated heterocycles. The lowest BCUT2D eigenvalue weighted by Gasteiger charge is -2.30. The summed E-state index contributed by atoms with van der Waals surface area (Å²) in [4.78, 5) is 12.4. The molecule has 1 aromatic carbocycles. The highest BCUT2D eigenvalue weighted by molar-refractivity contribution is 5.96. The molecule has 1 aromatic rings. The van der Waals surface area contributed by atoms with Gasteiger partial charge in [0.05, 0.1) is 7.11 Å². The molecule has 0 radical (unpaired) electrons. The van der Waals surface area contributed by atoms with Gasteiger partial charge in [-0.25, -0.2) is 0 Å². The predicted octanol–water partition coefficient (Wildman–Crippen LogP) is 2.54. The van der Waals surface area contributed by atoms with Gasteiger partial charge in [-0.15, -0.1) is 0 Å². The van der Waals surface area contributed by atoms with Gasteiger partial charge in [-0.05, 0) is 30.2 Å². The van der Waals surface area contributed by atoms with Crippen LogP contribution < -0.4 is 9.64 Å². The van der Waals surface area contributed by atoms with E-state index >= 15 is 0 Å². The number of fused-ring (bicyclic) bond motifs is 1. The zero-order chi connectivity index (χ0) is 13.3. The number of carbonyl (C=O) groups is 1. The van der Waals surface area contributed by atoms with E-state index in [0.29, 0.717) is 23.4 Å². The van der Waals surface area contributed by atoms with Crippen LogP contribution in [-0.4, -0.2) is 25.7 Å². The number of carbonyl (C=O) groups excluding carboxylic acids is 1. The molecular weight excluding hydrogens is 247 g/mol. The van der Waals surface area contributed by atoms with E-state index in [-0.39, 0.29) is 6.42 Å². The van der Waals surface area contributed by atoms with Gasteiger partial charge in [0.15, 0.2) is 0 Å². The van der Waals surface area contributed by atoms with Crippen LogP contribution in [0.4, 0.5) is 18.9 Å². The van der Waals surface area contributed by atoms with Gasteiger partial charge in [0, 0.05) is 12.1 Å². The summed E-state index contributed by atoms with van der Waals surface area (Å²) in [5, 5.41) is 0. The van der Waals surface area contributed by atoms with Crippen LogP contribution in [0.1, 0.15) is 12.0 Å². The summed E-state index contributed by atoms with van der Waals surface area (Å²) in [6.07, 6.45) is -3.86. The Morgan fingerprint density at radius 2 is 2.06 bits per heavy atom. The normalized spacial score (nSPS) is 15.6. The maximum absolute atomic E-state index is 12.4. The van der Waals surface area contributed by atoms with Gasteiger partial charge >= 0.3 is 6.18 Å². The molecule has 0 aromatic heterocycles. The second-order valence-corrected chi connectivity index (χ2v) is 4.09. The first kappa shape index (κ1) is 12.7. The van der Waals surface area contributed by atoms with Crippen LogP contribution in [0.25, 0.3) is 0 Å². The van der Waals surface area contributed by atoms with Gasteiger partial charge in [-0.1, -0.05) is 0 Å². The second kappa shape index (κ2) is 4.51. The van der Waals surface area contributed by atoms with Crippen molar-refractivity contribution in [3.05, 3.63) is 23.8 Å². The lowest BCUT2D eigenvalue weighted by molar-refractivity contribution is -0.132. The molecule has 0 spiro atoms. The van der Waals surface area contributed by atoms with Crippen molar-refractivity contribution in [2.75, 3.05) is 18.6 Å². The molecule has 0 atom stereocenters. The standard InChI is InChI=1S/C12H12F3NO2/c1-18-9-3-4-10-8(6-9)2-5-11(17)16(10)7-12(13,14)15/h3-4,6H,2,5,7H2,1H3. The van der Waals surface area contributed by atoms with Crippen molar-refractivity contribution in [3.8, 4) is 5.75 Å². The molecule has 6 heteroatoms. The predicted molar refractivity (Wildman–Crippen MR) is 59.7 cm³/mol. The lowest BCUT2D eigenvalue weighted by Crippen LogP contribution is -2.41. The van der Waals surface area contributed by atoms with Crippen molar-refractivity contribution in [2.24, 2.45) is 0 Å². The highest BCUT2D eigenvalue weighted by Gasteiger charge is 2.36. The number of hydrogen-bond donors (Lipinski definition) is 0. The number of benzene rings is 1. The zero-order valence-electron chi connectivity index (χ0n) is 9.75. The number of ether oxygens (including phenoxy) is 1. The molecule has 0 unspecified atom stereocenters. The fourth-order valence-corrected chi connectivity index (χ4v) is 2.02. The largest absolute Gasteiger partial charge is 0.497 e. The number of anilines is 1.